The van der Waals surface area contributed by atoms with E-state index >= 15 is 0 Å². The summed E-state index contributed by atoms with van der Waals surface area (Å²) in [7, 11) is 1.53. The van der Waals surface area contributed by atoms with Crippen LogP contribution in [0.25, 0.3) is 0 Å². The third kappa shape index (κ3) is 3.69. The molecule has 8 heteroatoms. The predicted molar refractivity (Wildman–Crippen MR) is 107 cm³/mol. The number of β-amino-alcohol motifs (C(OH)–C–C–N with tert-alkyl or cyclic N) is 1. The number of urea groups is 1. The standard InChI is InChI=1S/C21H29N3O5/c1-15(2)14-24-20(28)23(12-13-25)19(27)21(24)8-10-22(11-9-21)18(26)16-6-4-5-7-17(16)29-3/h4-7,15,25H,8-14H2,1-3H3. The average Bonchev–Trinajstić information content (AvgIpc) is 2.90. The second kappa shape index (κ2) is 8.41. The number of para-hydroxylation sites is 1. The molecular weight excluding hydrogens is 374 g/mol. The Morgan fingerprint density at radius 2 is 1.86 bits per heavy atom. The highest BCUT2D eigenvalue weighted by atomic mass is 16.5. The molecule has 4 amide bonds. The molecular formula is C21H29N3O5. The van der Waals surface area contributed by atoms with Crippen LogP contribution in [0.5, 0.6) is 5.75 Å². The monoisotopic (exact) mass is 403 g/mol. The van der Waals surface area contributed by atoms with Gasteiger partial charge in [0.2, 0.25) is 0 Å². The number of carbonyl (C=O) groups is 3. The van der Waals surface area contributed by atoms with E-state index in [2.05, 4.69) is 0 Å². The Morgan fingerprint density at radius 3 is 2.45 bits per heavy atom. The van der Waals surface area contributed by atoms with Gasteiger partial charge in [0, 0.05) is 19.6 Å². The van der Waals surface area contributed by atoms with E-state index in [0.29, 0.717) is 43.8 Å². The first kappa shape index (κ1) is 21.1. The zero-order valence-electron chi connectivity index (χ0n) is 17.3. The molecule has 2 aliphatic heterocycles. The number of rotatable bonds is 6. The fraction of sp³-hybridized carbons (Fsp3) is 0.571. The molecule has 3 rings (SSSR count). The lowest BCUT2D eigenvalue weighted by Gasteiger charge is -2.42. The Hall–Kier alpha value is -2.61. The van der Waals surface area contributed by atoms with Crippen LogP contribution < -0.4 is 4.74 Å². The lowest BCUT2D eigenvalue weighted by Crippen LogP contribution is -2.58. The second-order valence-corrected chi connectivity index (χ2v) is 7.99. The van der Waals surface area contributed by atoms with E-state index in [1.165, 1.54) is 7.11 Å². The Morgan fingerprint density at radius 1 is 1.21 bits per heavy atom. The molecule has 29 heavy (non-hydrogen) atoms. The van der Waals surface area contributed by atoms with Crippen LogP contribution in [0.3, 0.4) is 0 Å². The number of hydrogen-bond acceptors (Lipinski definition) is 5. The largest absolute Gasteiger partial charge is 0.496 e. The zero-order chi connectivity index (χ0) is 21.2. The van der Waals surface area contributed by atoms with Crippen molar-refractivity contribution in [2.45, 2.75) is 32.2 Å². The highest BCUT2D eigenvalue weighted by molar-refractivity contribution is 6.07. The number of piperidine rings is 1. The predicted octanol–water partition coefficient (Wildman–Crippen LogP) is 1.58. The summed E-state index contributed by atoms with van der Waals surface area (Å²) >= 11 is 0. The van der Waals surface area contributed by atoms with Crippen LogP contribution in [0.4, 0.5) is 4.79 Å². The third-order valence-corrected chi connectivity index (χ3v) is 5.71. The van der Waals surface area contributed by atoms with Crippen molar-refractivity contribution in [3.8, 4) is 5.75 Å². The van der Waals surface area contributed by atoms with Crippen LogP contribution in [-0.2, 0) is 4.79 Å². The van der Waals surface area contributed by atoms with Gasteiger partial charge >= 0.3 is 6.03 Å². The molecule has 0 radical (unpaired) electrons. The molecule has 1 spiro atoms. The molecule has 1 N–H and O–H groups in total. The molecule has 2 fully saturated rings. The van der Waals surface area contributed by atoms with Gasteiger partial charge in [-0.15, -0.1) is 0 Å². The van der Waals surface area contributed by atoms with Crippen molar-refractivity contribution >= 4 is 17.8 Å². The van der Waals surface area contributed by atoms with E-state index in [1.807, 2.05) is 19.9 Å². The van der Waals surface area contributed by atoms with Gasteiger partial charge in [0.25, 0.3) is 11.8 Å². The van der Waals surface area contributed by atoms with Crippen LogP contribution in [0.2, 0.25) is 0 Å². The molecule has 0 aliphatic carbocycles. The van der Waals surface area contributed by atoms with E-state index < -0.39 is 5.54 Å². The summed E-state index contributed by atoms with van der Waals surface area (Å²) in [5, 5.41) is 9.28. The normalized spacial score (nSPS) is 18.9. The van der Waals surface area contributed by atoms with E-state index in [0.717, 1.165) is 4.90 Å². The van der Waals surface area contributed by atoms with Gasteiger partial charge in [-0.2, -0.15) is 0 Å². The number of ether oxygens (including phenoxy) is 1. The number of benzene rings is 1. The molecule has 0 aromatic heterocycles. The molecule has 2 aliphatic rings. The first-order valence-corrected chi connectivity index (χ1v) is 10.0. The molecule has 8 nitrogen and oxygen atoms in total. The molecule has 2 heterocycles. The molecule has 0 bridgehead atoms. The SMILES string of the molecule is COc1ccccc1C(=O)N1CCC2(CC1)C(=O)N(CCO)C(=O)N2CC(C)C. The zero-order valence-corrected chi connectivity index (χ0v) is 17.3. The van der Waals surface area contributed by atoms with Gasteiger partial charge < -0.3 is 19.6 Å². The van der Waals surface area contributed by atoms with Crippen molar-refractivity contribution in [1.29, 1.82) is 0 Å². The number of methoxy groups -OCH3 is 1. The maximum absolute atomic E-state index is 13.2. The summed E-state index contributed by atoms with van der Waals surface area (Å²) in [5.41, 5.74) is -0.450. The van der Waals surface area contributed by atoms with Crippen molar-refractivity contribution in [2.75, 3.05) is 39.9 Å². The summed E-state index contributed by atoms with van der Waals surface area (Å²) in [6.07, 6.45) is 0.764. The van der Waals surface area contributed by atoms with Gasteiger partial charge in [-0.3, -0.25) is 14.5 Å². The number of aliphatic hydroxyl groups is 1. The fourth-order valence-electron chi connectivity index (χ4n) is 4.25. The molecule has 1 aromatic carbocycles. The highest BCUT2D eigenvalue weighted by Crippen LogP contribution is 2.38. The summed E-state index contributed by atoms with van der Waals surface area (Å²) in [6, 6.07) is 6.72. The molecule has 0 atom stereocenters. The van der Waals surface area contributed by atoms with Crippen LogP contribution in [0.1, 0.15) is 37.0 Å². The summed E-state index contributed by atoms with van der Waals surface area (Å²) in [6.45, 7) is 4.95. The highest BCUT2D eigenvalue weighted by Gasteiger charge is 2.58. The Bertz CT molecular complexity index is 786. The van der Waals surface area contributed by atoms with Crippen molar-refractivity contribution in [2.24, 2.45) is 5.92 Å². The first-order valence-electron chi connectivity index (χ1n) is 10.0. The van der Waals surface area contributed by atoms with Crippen LogP contribution in [0.15, 0.2) is 24.3 Å². The minimum absolute atomic E-state index is 0.00211. The van der Waals surface area contributed by atoms with Gasteiger partial charge in [-0.25, -0.2) is 4.79 Å². The molecule has 0 unspecified atom stereocenters. The van der Waals surface area contributed by atoms with Crippen LogP contribution >= 0.6 is 0 Å². The van der Waals surface area contributed by atoms with Crippen molar-refractivity contribution in [3.63, 3.8) is 0 Å². The lowest BCUT2D eigenvalue weighted by atomic mass is 9.85. The molecule has 2 saturated heterocycles. The number of aliphatic hydroxyl groups excluding tert-OH is 1. The Labute approximate surface area is 171 Å². The quantitative estimate of drug-likeness (QED) is 0.729. The second-order valence-electron chi connectivity index (χ2n) is 7.99. The number of amides is 4. The van der Waals surface area contributed by atoms with Crippen LogP contribution in [0, 0.1) is 5.92 Å². The first-order chi connectivity index (χ1) is 13.9. The average molecular weight is 403 g/mol. The fourth-order valence-corrected chi connectivity index (χ4v) is 4.25. The lowest BCUT2D eigenvalue weighted by molar-refractivity contribution is -0.135. The maximum atomic E-state index is 13.2. The summed E-state index contributed by atoms with van der Waals surface area (Å²) < 4.78 is 5.30. The topological polar surface area (TPSA) is 90.4 Å². The minimum atomic E-state index is -0.936. The van der Waals surface area contributed by atoms with Gasteiger partial charge in [-0.1, -0.05) is 26.0 Å². The van der Waals surface area contributed by atoms with Gasteiger partial charge in [-0.05, 0) is 30.9 Å². The van der Waals surface area contributed by atoms with Gasteiger partial charge in [0.15, 0.2) is 0 Å². The van der Waals surface area contributed by atoms with Crippen molar-refractivity contribution < 1.29 is 24.2 Å². The van der Waals surface area contributed by atoms with Crippen molar-refractivity contribution in [1.82, 2.24) is 14.7 Å². The Kier molecular flexibility index (Phi) is 6.12. The molecule has 1 aromatic rings. The minimum Gasteiger partial charge on any atom is -0.496 e. The maximum Gasteiger partial charge on any atom is 0.327 e. The number of nitrogens with zero attached hydrogens (tertiary/aromatic N) is 3. The summed E-state index contributed by atoms with van der Waals surface area (Å²) in [4.78, 5) is 43.5. The van der Waals surface area contributed by atoms with E-state index in [4.69, 9.17) is 4.74 Å². The number of hydrogen-bond donors (Lipinski definition) is 1. The third-order valence-electron chi connectivity index (χ3n) is 5.71. The van der Waals surface area contributed by atoms with E-state index in [-0.39, 0.29) is 36.9 Å². The Balaban J connectivity index is 1.81. The summed E-state index contributed by atoms with van der Waals surface area (Å²) in [5.74, 6) is 0.310. The van der Waals surface area contributed by atoms with Crippen LogP contribution in [-0.4, -0.2) is 83.1 Å². The number of imide groups is 1. The number of carbonyl (C=O) groups excluding carboxylic acids is 3. The van der Waals surface area contributed by atoms with E-state index in [9.17, 15) is 19.5 Å². The van der Waals surface area contributed by atoms with Gasteiger partial charge in [0.1, 0.15) is 11.3 Å². The van der Waals surface area contributed by atoms with E-state index in [1.54, 1.807) is 28.0 Å². The number of likely N-dealkylation sites (tertiary alicyclic amines) is 1. The molecule has 0 saturated carbocycles. The smallest absolute Gasteiger partial charge is 0.327 e. The van der Waals surface area contributed by atoms with Crippen molar-refractivity contribution in [3.05, 3.63) is 29.8 Å². The van der Waals surface area contributed by atoms with Gasteiger partial charge in [0.05, 0.1) is 25.8 Å². The molecule has 158 valence electrons.